The second-order valence-corrected chi connectivity index (χ2v) is 6.03. The zero-order valence-electron chi connectivity index (χ0n) is 14.4. The zero-order valence-corrected chi connectivity index (χ0v) is 15.2. The monoisotopic (exact) mass is 367 g/mol. The molecule has 2 rings (SSSR count). The van der Waals surface area contributed by atoms with Crippen LogP contribution in [0.3, 0.4) is 0 Å². The number of aromatic nitrogens is 1. The van der Waals surface area contributed by atoms with Crippen LogP contribution in [0.2, 0.25) is 0 Å². The summed E-state index contributed by atoms with van der Waals surface area (Å²) in [5, 5.41) is 22.0. The van der Waals surface area contributed by atoms with Crippen molar-refractivity contribution in [3.05, 3.63) is 35.4 Å². The fraction of sp³-hybridized carbons (Fsp3) is 0.222. The second-order valence-electron chi connectivity index (χ2n) is 5.07. The molecule has 2 aromatic rings. The quantitative estimate of drug-likeness (QED) is 0.750. The molecule has 26 heavy (non-hydrogen) atoms. The molecule has 8 heteroatoms. The number of nitrogen functional groups attached to an aromatic ring is 1. The lowest BCUT2D eigenvalue weighted by Crippen LogP contribution is -2.20. The summed E-state index contributed by atoms with van der Waals surface area (Å²) in [7, 11) is 1.53. The third-order valence-electron chi connectivity index (χ3n) is 3.49. The Bertz CT molecular complexity index is 898. The average Bonchev–Trinajstić information content (AvgIpc) is 2.66. The van der Waals surface area contributed by atoms with Crippen molar-refractivity contribution in [3.8, 4) is 29.0 Å². The summed E-state index contributed by atoms with van der Waals surface area (Å²) < 4.78 is 5.42. The van der Waals surface area contributed by atoms with Gasteiger partial charge in [0.1, 0.15) is 34.3 Å². The van der Waals surface area contributed by atoms with Gasteiger partial charge in [0.05, 0.1) is 17.9 Å². The summed E-state index contributed by atoms with van der Waals surface area (Å²) >= 11 is 1.10. The topological polar surface area (TPSA) is 125 Å². The van der Waals surface area contributed by atoms with Gasteiger partial charge in [0, 0.05) is 12.6 Å². The van der Waals surface area contributed by atoms with Crippen LogP contribution in [-0.4, -0.2) is 30.3 Å². The molecule has 0 aliphatic heterocycles. The van der Waals surface area contributed by atoms with Gasteiger partial charge in [-0.15, -0.1) is 0 Å². The number of hydrogen-bond acceptors (Lipinski definition) is 7. The van der Waals surface area contributed by atoms with E-state index in [1.807, 2.05) is 13.0 Å². The van der Waals surface area contributed by atoms with Crippen LogP contribution < -0.4 is 15.8 Å². The molecule has 0 bridgehead atoms. The van der Waals surface area contributed by atoms with Gasteiger partial charge in [-0.1, -0.05) is 23.9 Å². The molecule has 1 heterocycles. The number of hydrogen-bond donors (Lipinski definition) is 2. The van der Waals surface area contributed by atoms with Crippen LogP contribution in [0.15, 0.2) is 29.3 Å². The minimum Gasteiger partial charge on any atom is -0.494 e. The minimum atomic E-state index is -0.203. The number of nitrogens with one attached hydrogen (secondary N) is 1. The summed E-state index contributed by atoms with van der Waals surface area (Å²) in [5.41, 5.74) is 7.34. The fourth-order valence-corrected chi connectivity index (χ4v) is 3.15. The third-order valence-corrected chi connectivity index (χ3v) is 4.46. The number of nitriles is 2. The number of ether oxygens (including phenoxy) is 1. The number of pyridine rings is 1. The highest BCUT2D eigenvalue weighted by atomic mass is 32.2. The molecule has 0 aliphatic rings. The molecule has 0 saturated carbocycles. The average molecular weight is 367 g/mol. The molecular formula is C18H17N5O2S. The van der Waals surface area contributed by atoms with Gasteiger partial charge in [0.25, 0.3) is 0 Å². The summed E-state index contributed by atoms with van der Waals surface area (Å²) in [4.78, 5) is 15.7. The molecule has 0 radical (unpaired) electrons. The number of rotatable bonds is 6. The molecule has 1 amide bonds. The molecule has 3 N–H and O–H groups in total. The largest absolute Gasteiger partial charge is 0.494 e. The Balaban J connectivity index is 2.58. The Kier molecular flexibility index (Phi) is 6.42. The first-order valence-electron chi connectivity index (χ1n) is 7.75. The van der Waals surface area contributed by atoms with E-state index >= 15 is 0 Å². The number of thioether (sulfide) groups is 1. The van der Waals surface area contributed by atoms with Gasteiger partial charge in [-0.05, 0) is 24.6 Å². The number of carbonyl (C=O) groups excluding carboxylic acids is 1. The summed E-state index contributed by atoms with van der Waals surface area (Å²) in [6.07, 6.45) is 0. The number of amides is 1. The molecule has 1 aromatic carbocycles. The SMILES string of the molecule is CCOc1ccc(-c2c(C#N)c(N)nc(SCC(=O)NC)c2C#N)cc1. The maximum atomic E-state index is 11.5. The molecule has 0 saturated heterocycles. The summed E-state index contributed by atoms with van der Waals surface area (Å²) in [5.74, 6) is 0.595. The van der Waals surface area contributed by atoms with Gasteiger partial charge in [-0.25, -0.2) is 4.98 Å². The van der Waals surface area contributed by atoms with E-state index in [0.717, 1.165) is 11.8 Å². The Morgan fingerprint density at radius 1 is 1.27 bits per heavy atom. The first-order chi connectivity index (χ1) is 12.5. The first kappa shape index (κ1) is 19.1. The highest BCUT2D eigenvalue weighted by Gasteiger charge is 2.21. The number of benzene rings is 1. The van der Waals surface area contributed by atoms with Crippen molar-refractivity contribution in [2.45, 2.75) is 11.9 Å². The molecule has 0 aliphatic carbocycles. The highest BCUT2D eigenvalue weighted by molar-refractivity contribution is 8.00. The Hall–Kier alpha value is -3.23. The second kappa shape index (κ2) is 8.75. The van der Waals surface area contributed by atoms with Crippen molar-refractivity contribution in [2.75, 3.05) is 25.1 Å². The van der Waals surface area contributed by atoms with Crippen molar-refractivity contribution in [1.29, 1.82) is 10.5 Å². The maximum absolute atomic E-state index is 11.5. The molecule has 7 nitrogen and oxygen atoms in total. The van der Waals surface area contributed by atoms with Gasteiger partial charge in [-0.2, -0.15) is 10.5 Å². The van der Waals surface area contributed by atoms with Crippen molar-refractivity contribution in [3.63, 3.8) is 0 Å². The molecule has 0 fully saturated rings. The van der Waals surface area contributed by atoms with Crippen LogP contribution in [0.25, 0.3) is 11.1 Å². The van der Waals surface area contributed by atoms with E-state index in [9.17, 15) is 15.3 Å². The van der Waals surface area contributed by atoms with Crippen molar-refractivity contribution in [1.82, 2.24) is 10.3 Å². The molecule has 0 unspecified atom stereocenters. The third kappa shape index (κ3) is 4.05. The Labute approximate surface area is 155 Å². The molecule has 1 aromatic heterocycles. The van der Waals surface area contributed by atoms with Gasteiger partial charge in [-0.3, -0.25) is 4.79 Å². The van der Waals surface area contributed by atoms with Crippen LogP contribution in [0.4, 0.5) is 5.82 Å². The lowest BCUT2D eigenvalue weighted by molar-refractivity contribution is -0.118. The normalized spacial score (nSPS) is 9.85. The molecule has 0 atom stereocenters. The standard InChI is InChI=1S/C18H17N5O2S/c1-3-25-12-6-4-11(5-7-12)16-13(8-19)17(21)23-18(14(16)9-20)26-10-15(24)22-2/h4-7H,3,10H2,1-2H3,(H2,21,23)(H,22,24). The van der Waals surface area contributed by atoms with Gasteiger partial charge >= 0.3 is 0 Å². The fourth-order valence-electron chi connectivity index (χ4n) is 2.28. The van der Waals surface area contributed by atoms with Crippen molar-refractivity contribution >= 4 is 23.5 Å². The number of nitrogens with zero attached hydrogens (tertiary/aromatic N) is 3. The number of nitrogens with two attached hydrogens (primary N) is 1. The first-order valence-corrected chi connectivity index (χ1v) is 8.74. The van der Waals surface area contributed by atoms with Crippen molar-refractivity contribution < 1.29 is 9.53 Å². The maximum Gasteiger partial charge on any atom is 0.230 e. The highest BCUT2D eigenvalue weighted by Crippen LogP contribution is 2.36. The van der Waals surface area contributed by atoms with Gasteiger partial charge in [0.2, 0.25) is 5.91 Å². The van der Waals surface area contributed by atoms with Gasteiger partial charge in [0.15, 0.2) is 0 Å². The Morgan fingerprint density at radius 2 is 1.92 bits per heavy atom. The lowest BCUT2D eigenvalue weighted by atomic mass is 9.97. The van der Waals surface area contributed by atoms with E-state index in [0.29, 0.717) is 28.5 Å². The molecule has 132 valence electrons. The van der Waals surface area contributed by atoms with E-state index in [-0.39, 0.29) is 28.6 Å². The van der Waals surface area contributed by atoms with Crippen LogP contribution >= 0.6 is 11.8 Å². The number of carbonyl (C=O) groups is 1. The van der Waals surface area contributed by atoms with Crippen LogP contribution in [0, 0.1) is 22.7 Å². The van der Waals surface area contributed by atoms with Crippen LogP contribution in [0.5, 0.6) is 5.75 Å². The van der Waals surface area contributed by atoms with Gasteiger partial charge < -0.3 is 15.8 Å². The lowest BCUT2D eigenvalue weighted by Gasteiger charge is -2.13. The van der Waals surface area contributed by atoms with E-state index in [1.165, 1.54) is 7.05 Å². The van der Waals surface area contributed by atoms with Crippen LogP contribution in [0.1, 0.15) is 18.1 Å². The predicted octanol–water partition coefficient (Wildman–Crippen LogP) is 2.31. The summed E-state index contributed by atoms with van der Waals surface area (Å²) in [6, 6.07) is 11.2. The van der Waals surface area contributed by atoms with E-state index < -0.39 is 0 Å². The summed E-state index contributed by atoms with van der Waals surface area (Å²) in [6.45, 7) is 2.42. The molecular weight excluding hydrogens is 350 g/mol. The van der Waals surface area contributed by atoms with E-state index in [1.54, 1.807) is 24.3 Å². The smallest absolute Gasteiger partial charge is 0.230 e. The predicted molar refractivity (Wildman–Crippen MR) is 99.5 cm³/mol. The zero-order chi connectivity index (χ0) is 19.1. The van der Waals surface area contributed by atoms with E-state index in [2.05, 4.69) is 16.4 Å². The van der Waals surface area contributed by atoms with Crippen molar-refractivity contribution in [2.24, 2.45) is 0 Å². The van der Waals surface area contributed by atoms with E-state index in [4.69, 9.17) is 10.5 Å². The minimum absolute atomic E-state index is 0.0230. The van der Waals surface area contributed by atoms with Crippen LogP contribution in [-0.2, 0) is 4.79 Å². The number of anilines is 1. The molecule has 0 spiro atoms. The Morgan fingerprint density at radius 3 is 2.46 bits per heavy atom.